The number of nitrogens with one attached hydrogen (secondary N) is 1. The van der Waals surface area contributed by atoms with Crippen molar-refractivity contribution in [2.24, 2.45) is 0 Å². The van der Waals surface area contributed by atoms with Crippen molar-refractivity contribution in [1.29, 1.82) is 0 Å². The summed E-state index contributed by atoms with van der Waals surface area (Å²) < 4.78 is 0. The second-order valence-electron chi connectivity index (χ2n) is 5.46. The number of anilines is 1. The number of carbonyl (C=O) groups excluding carboxylic acids is 2. The molecule has 1 fully saturated rings. The van der Waals surface area contributed by atoms with E-state index in [2.05, 4.69) is 5.32 Å². The van der Waals surface area contributed by atoms with Gasteiger partial charge in [-0.3, -0.25) is 9.59 Å². The largest absolute Gasteiger partial charge is 0.334 e. The summed E-state index contributed by atoms with van der Waals surface area (Å²) in [5.74, 6) is -0.0489. The smallest absolute Gasteiger partial charge is 0.249 e. The van der Waals surface area contributed by atoms with E-state index in [1.54, 1.807) is 22.9 Å². The van der Waals surface area contributed by atoms with Crippen LogP contribution in [0.2, 0.25) is 5.02 Å². The summed E-state index contributed by atoms with van der Waals surface area (Å²) in [6.45, 7) is 1.38. The molecular weight excluding hydrogens is 337 g/mol. The van der Waals surface area contributed by atoms with Gasteiger partial charge in [0.1, 0.15) is 6.04 Å². The van der Waals surface area contributed by atoms with Crippen molar-refractivity contribution < 1.29 is 9.59 Å². The van der Waals surface area contributed by atoms with Crippen LogP contribution in [0.25, 0.3) is 0 Å². The number of benzene rings is 1. The van der Waals surface area contributed by atoms with Crippen LogP contribution in [0, 0.1) is 0 Å². The van der Waals surface area contributed by atoms with Gasteiger partial charge in [-0.05, 0) is 38.6 Å². The van der Waals surface area contributed by atoms with Crippen LogP contribution in [-0.4, -0.2) is 49.9 Å². The molecule has 0 aliphatic carbocycles. The third-order valence-electron chi connectivity index (χ3n) is 4.00. The Bertz CT molecular complexity index is 554. The van der Waals surface area contributed by atoms with E-state index in [0.717, 1.165) is 13.0 Å². The summed E-state index contributed by atoms with van der Waals surface area (Å²) in [6.07, 6.45) is 1.86. The van der Waals surface area contributed by atoms with Crippen molar-refractivity contribution in [2.75, 3.05) is 32.1 Å². The van der Waals surface area contributed by atoms with Crippen LogP contribution in [0.1, 0.15) is 19.3 Å². The van der Waals surface area contributed by atoms with Gasteiger partial charge in [0.2, 0.25) is 11.8 Å². The molecular formula is C16H23Cl2N3O2. The maximum absolute atomic E-state index is 12.6. The molecule has 1 N–H and O–H groups in total. The van der Waals surface area contributed by atoms with Gasteiger partial charge in [-0.25, -0.2) is 0 Å². The molecule has 7 heteroatoms. The lowest BCUT2D eigenvalue weighted by atomic mass is 10.2. The molecule has 1 aromatic carbocycles. The molecule has 0 aromatic heterocycles. The molecule has 2 rings (SSSR count). The number of hydrogen-bond donors (Lipinski definition) is 1. The van der Waals surface area contributed by atoms with Crippen molar-refractivity contribution in [3.63, 3.8) is 0 Å². The van der Waals surface area contributed by atoms with Gasteiger partial charge >= 0.3 is 0 Å². The van der Waals surface area contributed by atoms with Gasteiger partial charge in [0.05, 0.1) is 10.7 Å². The van der Waals surface area contributed by atoms with Crippen LogP contribution in [0.3, 0.4) is 0 Å². The normalized spacial score (nSPS) is 17.1. The van der Waals surface area contributed by atoms with Crippen molar-refractivity contribution in [3.8, 4) is 0 Å². The first-order valence-electron chi connectivity index (χ1n) is 7.52. The number of nitrogens with zero attached hydrogens (tertiary/aromatic N) is 2. The first kappa shape index (κ1) is 19.7. The number of rotatable bonds is 6. The third-order valence-corrected chi connectivity index (χ3v) is 4.32. The maximum Gasteiger partial charge on any atom is 0.249 e. The summed E-state index contributed by atoms with van der Waals surface area (Å²) in [6, 6.07) is 6.90. The highest BCUT2D eigenvalue weighted by molar-refractivity contribution is 6.34. The molecule has 1 aliphatic heterocycles. The number of para-hydroxylation sites is 1. The molecule has 0 bridgehead atoms. The van der Waals surface area contributed by atoms with E-state index in [4.69, 9.17) is 11.6 Å². The first-order chi connectivity index (χ1) is 10.6. The van der Waals surface area contributed by atoms with Crippen molar-refractivity contribution in [2.45, 2.75) is 25.3 Å². The van der Waals surface area contributed by atoms with E-state index < -0.39 is 6.04 Å². The highest BCUT2D eigenvalue weighted by Gasteiger charge is 2.37. The lowest BCUT2D eigenvalue weighted by Crippen LogP contribution is -2.43. The zero-order valence-electron chi connectivity index (χ0n) is 13.4. The minimum absolute atomic E-state index is 0. The Morgan fingerprint density at radius 3 is 2.78 bits per heavy atom. The summed E-state index contributed by atoms with van der Waals surface area (Å²) in [5, 5.41) is 3.57. The molecule has 1 saturated heterocycles. The molecule has 128 valence electrons. The number of halogens is 2. The van der Waals surface area contributed by atoms with Crippen molar-refractivity contribution in [1.82, 2.24) is 10.2 Å². The van der Waals surface area contributed by atoms with E-state index in [9.17, 15) is 9.59 Å². The Morgan fingerprint density at radius 1 is 1.43 bits per heavy atom. The molecule has 5 nitrogen and oxygen atoms in total. The zero-order valence-corrected chi connectivity index (χ0v) is 15.0. The summed E-state index contributed by atoms with van der Waals surface area (Å²) >= 11 is 6.16. The molecule has 0 radical (unpaired) electrons. The van der Waals surface area contributed by atoms with Crippen LogP contribution in [0.4, 0.5) is 5.69 Å². The topological polar surface area (TPSA) is 52.7 Å². The second kappa shape index (κ2) is 9.11. The number of likely N-dealkylation sites (N-methyl/N-ethyl adjacent to an activating group) is 1. The Balaban J connectivity index is 0.00000264. The third kappa shape index (κ3) is 4.59. The van der Waals surface area contributed by atoms with E-state index in [1.165, 1.54) is 0 Å². The van der Waals surface area contributed by atoms with Crippen LogP contribution >= 0.6 is 24.0 Å². The maximum atomic E-state index is 12.6. The van der Waals surface area contributed by atoms with Crippen molar-refractivity contribution >= 4 is 41.5 Å². The number of hydrogen-bond acceptors (Lipinski definition) is 3. The van der Waals surface area contributed by atoms with Crippen LogP contribution < -0.4 is 10.2 Å². The van der Waals surface area contributed by atoms with E-state index in [1.807, 2.05) is 25.2 Å². The molecule has 2 amide bonds. The predicted molar refractivity (Wildman–Crippen MR) is 95.4 cm³/mol. The summed E-state index contributed by atoms with van der Waals surface area (Å²) in [5.41, 5.74) is 0.715. The number of amides is 2. The van der Waals surface area contributed by atoms with Crippen LogP contribution in [0.5, 0.6) is 0 Å². The Hall–Kier alpha value is -1.30. The van der Waals surface area contributed by atoms with Crippen LogP contribution in [-0.2, 0) is 9.59 Å². The Labute approximate surface area is 148 Å². The highest BCUT2D eigenvalue weighted by atomic mass is 35.5. The van der Waals surface area contributed by atoms with Gasteiger partial charge in [0, 0.05) is 20.0 Å². The van der Waals surface area contributed by atoms with Crippen LogP contribution in [0.15, 0.2) is 24.3 Å². The SMILES string of the molecule is CNCCCC(=O)N(C)C1CCN(c2ccccc2Cl)C1=O.Cl. The summed E-state index contributed by atoms with van der Waals surface area (Å²) in [7, 11) is 3.57. The molecule has 23 heavy (non-hydrogen) atoms. The van der Waals surface area contributed by atoms with Gasteiger partial charge in [-0.2, -0.15) is 0 Å². The average Bonchev–Trinajstić information content (AvgIpc) is 2.88. The molecule has 1 unspecified atom stereocenters. The minimum Gasteiger partial charge on any atom is -0.334 e. The molecule has 0 saturated carbocycles. The van der Waals surface area contributed by atoms with E-state index in [0.29, 0.717) is 30.1 Å². The van der Waals surface area contributed by atoms with Gasteiger partial charge in [0.15, 0.2) is 0 Å². The predicted octanol–water partition coefficient (Wildman–Crippen LogP) is 2.33. The molecule has 1 heterocycles. The highest BCUT2D eigenvalue weighted by Crippen LogP contribution is 2.30. The van der Waals surface area contributed by atoms with E-state index in [-0.39, 0.29) is 24.2 Å². The van der Waals surface area contributed by atoms with E-state index >= 15 is 0 Å². The van der Waals surface area contributed by atoms with Gasteiger partial charge < -0.3 is 15.1 Å². The number of carbonyl (C=O) groups is 2. The fourth-order valence-electron chi connectivity index (χ4n) is 2.70. The zero-order chi connectivity index (χ0) is 16.1. The molecule has 1 aliphatic rings. The fourth-order valence-corrected chi connectivity index (χ4v) is 2.94. The monoisotopic (exact) mass is 359 g/mol. The summed E-state index contributed by atoms with van der Waals surface area (Å²) in [4.78, 5) is 28.0. The quantitative estimate of drug-likeness (QED) is 0.793. The standard InChI is InChI=1S/C16H22ClN3O2.ClH/c1-18-10-5-8-15(21)19(2)14-9-11-20(16(14)22)13-7-4-3-6-12(13)17;/h3-4,6-7,14,18H,5,8-11H2,1-2H3;1H. The van der Waals surface area contributed by atoms with Gasteiger partial charge in [0.25, 0.3) is 0 Å². The van der Waals surface area contributed by atoms with Crippen molar-refractivity contribution in [3.05, 3.63) is 29.3 Å². The lowest BCUT2D eigenvalue weighted by molar-refractivity contribution is -0.136. The fraction of sp³-hybridized carbons (Fsp3) is 0.500. The molecule has 1 atom stereocenters. The van der Waals surface area contributed by atoms with Gasteiger partial charge in [-0.1, -0.05) is 23.7 Å². The molecule has 0 spiro atoms. The molecule has 1 aromatic rings. The minimum atomic E-state index is -0.390. The lowest BCUT2D eigenvalue weighted by Gasteiger charge is -2.24. The van der Waals surface area contributed by atoms with Gasteiger partial charge in [-0.15, -0.1) is 12.4 Å². The Kier molecular flexibility index (Phi) is 7.82. The average molecular weight is 360 g/mol. The second-order valence-corrected chi connectivity index (χ2v) is 5.86. The Morgan fingerprint density at radius 2 is 2.13 bits per heavy atom. The first-order valence-corrected chi connectivity index (χ1v) is 7.90.